The van der Waals surface area contributed by atoms with Gasteiger partial charge in [-0.3, -0.25) is 0 Å². The quantitative estimate of drug-likeness (QED) is 0.693. The fraction of sp³-hybridized carbons (Fsp3) is 0.250. The van der Waals surface area contributed by atoms with Crippen molar-refractivity contribution in [1.82, 2.24) is 0 Å². The first kappa shape index (κ1) is 15.8. The van der Waals surface area contributed by atoms with E-state index in [0.29, 0.717) is 0 Å². The lowest BCUT2D eigenvalue weighted by atomic mass is 9.96. The van der Waals surface area contributed by atoms with Gasteiger partial charge in [-0.2, -0.15) is 0 Å². The van der Waals surface area contributed by atoms with Crippen LogP contribution in [0, 0.1) is 17.4 Å². The zero-order valence-electron chi connectivity index (χ0n) is 11.7. The van der Waals surface area contributed by atoms with Crippen molar-refractivity contribution in [3.05, 3.63) is 60.6 Å². The monoisotopic (exact) mass is 445 g/mol. The molecule has 0 radical (unpaired) electrons. The molecule has 1 atom stereocenters. The Bertz CT molecular complexity index is 619. The molecule has 2 nitrogen and oxygen atoms in total. The zero-order chi connectivity index (χ0) is 14.9. The average molecular weight is 446 g/mol. The predicted octanol–water partition coefficient (Wildman–Crippen LogP) is 4.73. The summed E-state index contributed by atoms with van der Waals surface area (Å²) in [5.41, 5.74) is 10.9. The highest BCUT2D eigenvalue weighted by Gasteiger charge is 2.15. The van der Waals surface area contributed by atoms with Crippen molar-refractivity contribution in [2.75, 3.05) is 7.11 Å². The summed E-state index contributed by atoms with van der Waals surface area (Å²) < 4.78 is 7.63. The second kappa shape index (κ2) is 6.45. The van der Waals surface area contributed by atoms with E-state index in [1.165, 1.54) is 3.57 Å². The lowest BCUT2D eigenvalue weighted by Crippen LogP contribution is -2.13. The molecule has 0 bridgehead atoms. The van der Waals surface area contributed by atoms with E-state index in [0.717, 1.165) is 32.5 Å². The lowest BCUT2D eigenvalue weighted by molar-refractivity contribution is 0.408. The number of ether oxygens (including phenoxy) is 1. The summed E-state index contributed by atoms with van der Waals surface area (Å²) in [6, 6.07) is 10.3. The molecule has 2 N–H and O–H groups in total. The summed E-state index contributed by atoms with van der Waals surface area (Å²) in [5, 5.41) is 0. The Hall–Kier alpha value is -0.590. The van der Waals surface area contributed by atoms with Gasteiger partial charge in [0.1, 0.15) is 5.75 Å². The number of nitrogens with two attached hydrogens (primary N) is 1. The second-order valence-electron chi connectivity index (χ2n) is 4.83. The highest BCUT2D eigenvalue weighted by atomic mass is 127. The van der Waals surface area contributed by atoms with Gasteiger partial charge in [0.15, 0.2) is 0 Å². The zero-order valence-corrected chi connectivity index (χ0v) is 15.4. The SMILES string of the molecule is COc1c(C)cc(C(N)c2cc(I)ccc2Br)cc1C. The molecular weight excluding hydrogens is 429 g/mol. The first-order valence-electron chi connectivity index (χ1n) is 6.29. The number of halogens is 2. The number of hydrogen-bond donors (Lipinski definition) is 1. The lowest BCUT2D eigenvalue weighted by Gasteiger charge is -2.18. The minimum atomic E-state index is -0.151. The van der Waals surface area contributed by atoms with E-state index < -0.39 is 0 Å². The Balaban J connectivity index is 2.48. The Kier molecular flexibility index (Phi) is 5.09. The van der Waals surface area contributed by atoms with Crippen LogP contribution in [0.5, 0.6) is 5.75 Å². The Morgan fingerprint density at radius 2 is 1.75 bits per heavy atom. The third-order valence-corrected chi connectivity index (χ3v) is 4.73. The molecule has 1 unspecified atom stereocenters. The van der Waals surface area contributed by atoms with Gasteiger partial charge in [-0.1, -0.05) is 28.1 Å². The van der Waals surface area contributed by atoms with Gasteiger partial charge in [-0.25, -0.2) is 0 Å². The molecule has 0 heterocycles. The van der Waals surface area contributed by atoms with Crippen molar-refractivity contribution in [3.63, 3.8) is 0 Å². The number of rotatable bonds is 3. The molecule has 0 saturated heterocycles. The predicted molar refractivity (Wildman–Crippen MR) is 95.4 cm³/mol. The van der Waals surface area contributed by atoms with Gasteiger partial charge in [0, 0.05) is 8.04 Å². The Labute approximate surface area is 142 Å². The van der Waals surface area contributed by atoms with Gasteiger partial charge in [0.2, 0.25) is 0 Å². The van der Waals surface area contributed by atoms with E-state index >= 15 is 0 Å². The smallest absolute Gasteiger partial charge is 0.124 e. The van der Waals surface area contributed by atoms with Gasteiger partial charge in [0.05, 0.1) is 13.2 Å². The second-order valence-corrected chi connectivity index (χ2v) is 6.93. The molecule has 0 aliphatic carbocycles. The maximum Gasteiger partial charge on any atom is 0.124 e. The molecule has 20 heavy (non-hydrogen) atoms. The van der Waals surface area contributed by atoms with Crippen LogP contribution in [0.25, 0.3) is 0 Å². The molecule has 4 heteroatoms. The topological polar surface area (TPSA) is 35.2 Å². The number of aryl methyl sites for hydroxylation is 2. The van der Waals surface area contributed by atoms with E-state index in [1.54, 1.807) is 7.11 Å². The van der Waals surface area contributed by atoms with Crippen molar-refractivity contribution in [1.29, 1.82) is 0 Å². The van der Waals surface area contributed by atoms with Gasteiger partial charge in [-0.05, 0) is 76.9 Å². The molecular formula is C16H17BrINO. The van der Waals surface area contributed by atoms with Crippen LogP contribution in [-0.2, 0) is 0 Å². The minimum absolute atomic E-state index is 0.151. The van der Waals surface area contributed by atoms with Gasteiger partial charge in [-0.15, -0.1) is 0 Å². The molecule has 0 aromatic heterocycles. The fourth-order valence-corrected chi connectivity index (χ4v) is 3.43. The molecule has 2 aromatic carbocycles. The molecule has 0 aliphatic heterocycles. The molecule has 0 aliphatic rings. The van der Waals surface area contributed by atoms with E-state index in [4.69, 9.17) is 10.5 Å². The summed E-state index contributed by atoms with van der Waals surface area (Å²) in [4.78, 5) is 0. The summed E-state index contributed by atoms with van der Waals surface area (Å²) in [5.74, 6) is 0.933. The van der Waals surface area contributed by atoms with Crippen molar-refractivity contribution >= 4 is 38.5 Å². The van der Waals surface area contributed by atoms with E-state index in [9.17, 15) is 0 Å². The van der Waals surface area contributed by atoms with Crippen LogP contribution in [-0.4, -0.2) is 7.11 Å². The van der Waals surface area contributed by atoms with Gasteiger partial charge >= 0.3 is 0 Å². The summed E-state index contributed by atoms with van der Waals surface area (Å²) in [6.07, 6.45) is 0. The molecule has 0 saturated carbocycles. The first-order valence-corrected chi connectivity index (χ1v) is 8.17. The van der Waals surface area contributed by atoms with E-state index in [2.05, 4.69) is 62.8 Å². The van der Waals surface area contributed by atoms with Crippen LogP contribution < -0.4 is 10.5 Å². The first-order chi connectivity index (χ1) is 9.43. The third kappa shape index (κ3) is 3.18. The molecule has 2 aromatic rings. The molecule has 0 amide bonds. The molecule has 2 rings (SSSR count). The van der Waals surface area contributed by atoms with Crippen molar-refractivity contribution in [2.45, 2.75) is 19.9 Å². The number of benzene rings is 2. The summed E-state index contributed by atoms with van der Waals surface area (Å²) >= 11 is 5.89. The van der Waals surface area contributed by atoms with E-state index in [1.807, 2.05) is 19.9 Å². The Morgan fingerprint density at radius 3 is 2.30 bits per heavy atom. The normalized spacial score (nSPS) is 12.3. The molecule has 0 fully saturated rings. The largest absolute Gasteiger partial charge is 0.496 e. The number of methoxy groups -OCH3 is 1. The highest BCUT2D eigenvalue weighted by molar-refractivity contribution is 14.1. The van der Waals surface area contributed by atoms with Crippen LogP contribution in [0.3, 0.4) is 0 Å². The molecule has 0 spiro atoms. The Morgan fingerprint density at radius 1 is 1.15 bits per heavy atom. The summed E-state index contributed by atoms with van der Waals surface area (Å²) in [7, 11) is 1.70. The van der Waals surface area contributed by atoms with Crippen molar-refractivity contribution in [2.24, 2.45) is 5.73 Å². The van der Waals surface area contributed by atoms with Gasteiger partial charge in [0.25, 0.3) is 0 Å². The summed E-state index contributed by atoms with van der Waals surface area (Å²) in [6.45, 7) is 4.09. The van der Waals surface area contributed by atoms with Crippen LogP contribution in [0.2, 0.25) is 0 Å². The standard InChI is InChI=1S/C16H17BrINO/c1-9-6-11(7-10(2)16(9)20-3)15(19)13-8-12(18)4-5-14(13)17/h4-8,15H,19H2,1-3H3. The van der Waals surface area contributed by atoms with Gasteiger partial charge < -0.3 is 10.5 Å². The van der Waals surface area contributed by atoms with Crippen molar-refractivity contribution < 1.29 is 4.74 Å². The van der Waals surface area contributed by atoms with Crippen molar-refractivity contribution in [3.8, 4) is 5.75 Å². The number of hydrogen-bond acceptors (Lipinski definition) is 2. The molecule has 106 valence electrons. The third-order valence-electron chi connectivity index (χ3n) is 3.34. The maximum absolute atomic E-state index is 6.44. The van der Waals surface area contributed by atoms with Crippen LogP contribution >= 0.6 is 38.5 Å². The maximum atomic E-state index is 6.44. The fourth-order valence-electron chi connectivity index (χ4n) is 2.42. The average Bonchev–Trinajstić information content (AvgIpc) is 2.40. The highest BCUT2D eigenvalue weighted by Crippen LogP contribution is 2.32. The van der Waals surface area contributed by atoms with Crippen LogP contribution in [0.4, 0.5) is 0 Å². The van der Waals surface area contributed by atoms with E-state index in [-0.39, 0.29) is 6.04 Å². The minimum Gasteiger partial charge on any atom is -0.496 e. The van der Waals surface area contributed by atoms with Crippen LogP contribution in [0.1, 0.15) is 28.3 Å². The van der Waals surface area contributed by atoms with Crippen LogP contribution in [0.15, 0.2) is 34.8 Å².